The van der Waals surface area contributed by atoms with E-state index in [0.717, 1.165) is 51.4 Å². The number of rotatable bonds is 19. The van der Waals surface area contributed by atoms with Crippen LogP contribution in [0.1, 0.15) is 112 Å². The Morgan fingerprint density at radius 3 is 2.00 bits per heavy atom. The van der Waals surface area contributed by atoms with Crippen LogP contribution >= 0.6 is 0 Å². The van der Waals surface area contributed by atoms with Crippen molar-refractivity contribution >= 4 is 17.7 Å². The molecule has 1 N–H and O–H groups in total. The van der Waals surface area contributed by atoms with Gasteiger partial charge in [-0.25, -0.2) is 0 Å². The molecule has 0 rings (SSSR count). The normalized spacial score (nSPS) is 11.9. The highest BCUT2D eigenvalue weighted by Gasteiger charge is 2.20. The smallest absolute Gasteiger partial charge is 0.305 e. The second-order valence-corrected chi connectivity index (χ2v) is 10.5. The quantitative estimate of drug-likeness (QED) is 0.202. The second kappa shape index (κ2) is 17.1. The van der Waals surface area contributed by atoms with Gasteiger partial charge in [0.1, 0.15) is 12.4 Å². The minimum absolute atomic E-state index is 0.0602. The fourth-order valence-electron chi connectivity index (χ4n) is 3.45. The molecule has 0 aliphatic rings. The Morgan fingerprint density at radius 1 is 0.750 bits per heavy atom. The van der Waals surface area contributed by atoms with Crippen LogP contribution < -0.4 is 5.32 Å². The molecule has 0 spiro atoms. The van der Waals surface area contributed by atoms with E-state index in [9.17, 15) is 14.4 Å². The van der Waals surface area contributed by atoms with Crippen LogP contribution in [0.25, 0.3) is 0 Å². The summed E-state index contributed by atoms with van der Waals surface area (Å²) in [6, 6.07) is 0. The molecule has 0 heterocycles. The first-order chi connectivity index (χ1) is 15.0. The van der Waals surface area contributed by atoms with Crippen LogP contribution in [0, 0.1) is 10.8 Å². The molecule has 0 radical (unpaired) electrons. The number of ketones is 1. The van der Waals surface area contributed by atoms with Crippen molar-refractivity contribution in [3.63, 3.8) is 0 Å². The lowest BCUT2D eigenvalue weighted by atomic mass is 9.83. The van der Waals surface area contributed by atoms with Crippen LogP contribution in [0.2, 0.25) is 0 Å². The number of carbonyl (C=O) groups excluding carboxylic acids is 3. The van der Waals surface area contributed by atoms with E-state index in [1.807, 2.05) is 20.8 Å². The first-order valence-corrected chi connectivity index (χ1v) is 12.5. The third kappa shape index (κ3) is 18.2. The van der Waals surface area contributed by atoms with Gasteiger partial charge in [0.2, 0.25) is 5.91 Å². The van der Waals surface area contributed by atoms with Gasteiger partial charge >= 0.3 is 5.97 Å². The van der Waals surface area contributed by atoms with Gasteiger partial charge < -0.3 is 14.8 Å². The maximum Gasteiger partial charge on any atom is 0.305 e. The Balaban J connectivity index is 3.50. The van der Waals surface area contributed by atoms with Crippen LogP contribution in [-0.2, 0) is 23.9 Å². The van der Waals surface area contributed by atoms with Crippen molar-refractivity contribution in [3.05, 3.63) is 0 Å². The maximum atomic E-state index is 11.9. The van der Waals surface area contributed by atoms with E-state index in [1.165, 1.54) is 0 Å². The summed E-state index contributed by atoms with van der Waals surface area (Å²) in [6.07, 6.45) is 9.54. The molecule has 0 unspecified atom stereocenters. The summed E-state index contributed by atoms with van der Waals surface area (Å²) in [5, 5.41) is 2.87. The molecule has 188 valence electrons. The average molecular weight is 456 g/mol. The molecular weight excluding hydrogens is 406 g/mol. The fourth-order valence-corrected chi connectivity index (χ4v) is 3.45. The zero-order valence-corrected chi connectivity index (χ0v) is 21.6. The van der Waals surface area contributed by atoms with E-state index in [2.05, 4.69) is 26.1 Å². The third-order valence-corrected chi connectivity index (χ3v) is 5.64. The molecule has 0 saturated carbocycles. The van der Waals surface area contributed by atoms with Crippen LogP contribution in [-0.4, -0.2) is 44.0 Å². The standard InChI is InChI=1S/C26H49NO5/c1-7-16-26(5,6)17-15-23(29)27-18-19-31-20-21-32-24(30)14-12-10-8-9-11-13-22(28)25(2,3)4/h7-21H2,1-6H3,(H,27,29). The molecule has 0 aromatic heterocycles. The molecule has 32 heavy (non-hydrogen) atoms. The molecule has 0 aromatic carbocycles. The summed E-state index contributed by atoms with van der Waals surface area (Å²) < 4.78 is 10.6. The van der Waals surface area contributed by atoms with E-state index < -0.39 is 0 Å². The summed E-state index contributed by atoms with van der Waals surface area (Å²) in [6.45, 7) is 13.9. The first-order valence-electron chi connectivity index (χ1n) is 12.5. The Kier molecular flexibility index (Phi) is 16.3. The first kappa shape index (κ1) is 30.6. The van der Waals surface area contributed by atoms with Crippen molar-refractivity contribution in [2.24, 2.45) is 10.8 Å². The zero-order valence-electron chi connectivity index (χ0n) is 21.6. The Hall–Kier alpha value is -1.43. The zero-order chi connectivity index (χ0) is 24.5. The second-order valence-electron chi connectivity index (χ2n) is 10.5. The largest absolute Gasteiger partial charge is 0.463 e. The van der Waals surface area contributed by atoms with Crippen molar-refractivity contribution in [2.75, 3.05) is 26.4 Å². The topological polar surface area (TPSA) is 81.7 Å². The summed E-state index contributed by atoms with van der Waals surface area (Å²) in [7, 11) is 0. The van der Waals surface area contributed by atoms with Gasteiger partial charge in [0.25, 0.3) is 0 Å². The van der Waals surface area contributed by atoms with Crippen molar-refractivity contribution < 1.29 is 23.9 Å². The molecule has 1 amide bonds. The van der Waals surface area contributed by atoms with Crippen molar-refractivity contribution in [2.45, 2.75) is 112 Å². The number of amides is 1. The van der Waals surface area contributed by atoms with Gasteiger partial charge in [-0.2, -0.15) is 0 Å². The van der Waals surface area contributed by atoms with Gasteiger partial charge in [0, 0.05) is 31.2 Å². The molecule has 0 aliphatic heterocycles. The average Bonchev–Trinajstić information content (AvgIpc) is 2.70. The molecule has 6 nitrogen and oxygen atoms in total. The summed E-state index contributed by atoms with van der Waals surface area (Å²) in [4.78, 5) is 35.4. The number of carbonyl (C=O) groups is 3. The molecule has 0 saturated heterocycles. The van der Waals surface area contributed by atoms with Gasteiger partial charge in [-0.1, -0.05) is 67.2 Å². The summed E-state index contributed by atoms with van der Waals surface area (Å²) in [5.41, 5.74) is -0.0360. The van der Waals surface area contributed by atoms with Gasteiger partial charge in [0.05, 0.1) is 13.2 Å². The summed E-state index contributed by atoms with van der Waals surface area (Å²) in [5.74, 6) is 0.182. The van der Waals surface area contributed by atoms with Crippen LogP contribution in [0.15, 0.2) is 0 Å². The highest BCUT2D eigenvalue weighted by Crippen LogP contribution is 2.27. The Bertz CT molecular complexity index is 537. The SMILES string of the molecule is CCCC(C)(C)CCC(=O)NCCOCCOC(=O)CCCCCCCC(=O)C(C)(C)C. The molecule has 0 fully saturated rings. The lowest BCUT2D eigenvalue weighted by Crippen LogP contribution is -2.28. The van der Waals surface area contributed by atoms with Gasteiger partial charge in [-0.05, 0) is 31.1 Å². The van der Waals surface area contributed by atoms with Crippen molar-refractivity contribution in [1.82, 2.24) is 5.32 Å². The molecule has 0 bridgehead atoms. The van der Waals surface area contributed by atoms with Crippen LogP contribution in [0.3, 0.4) is 0 Å². The lowest BCUT2D eigenvalue weighted by molar-refractivity contribution is -0.145. The third-order valence-electron chi connectivity index (χ3n) is 5.64. The Labute approximate surface area is 196 Å². The molecule has 0 aromatic rings. The van der Waals surface area contributed by atoms with Gasteiger partial charge in [-0.3, -0.25) is 14.4 Å². The number of ether oxygens (including phenoxy) is 2. The molecular formula is C26H49NO5. The Morgan fingerprint density at radius 2 is 1.38 bits per heavy atom. The van der Waals surface area contributed by atoms with Crippen molar-refractivity contribution in [3.8, 4) is 0 Å². The predicted octanol–water partition coefficient (Wildman–Crippen LogP) is 5.61. The minimum Gasteiger partial charge on any atom is -0.463 e. The minimum atomic E-state index is -0.243. The number of hydrogen-bond acceptors (Lipinski definition) is 5. The number of unbranched alkanes of at least 4 members (excludes halogenated alkanes) is 4. The van der Waals surface area contributed by atoms with Gasteiger partial charge in [-0.15, -0.1) is 0 Å². The van der Waals surface area contributed by atoms with E-state index in [-0.39, 0.29) is 29.3 Å². The van der Waals surface area contributed by atoms with Crippen LogP contribution in [0.4, 0.5) is 0 Å². The molecule has 6 heteroatoms. The number of Topliss-reactive ketones (excluding diaryl/α,β-unsaturated/α-hetero) is 1. The van der Waals surface area contributed by atoms with Crippen LogP contribution in [0.5, 0.6) is 0 Å². The molecule has 0 aliphatic carbocycles. The van der Waals surface area contributed by atoms with Gasteiger partial charge in [0.15, 0.2) is 0 Å². The van der Waals surface area contributed by atoms with E-state index in [1.54, 1.807) is 0 Å². The highest BCUT2D eigenvalue weighted by molar-refractivity contribution is 5.83. The van der Waals surface area contributed by atoms with E-state index in [0.29, 0.717) is 44.8 Å². The molecule has 0 atom stereocenters. The highest BCUT2D eigenvalue weighted by atomic mass is 16.6. The number of hydrogen-bond donors (Lipinski definition) is 1. The fraction of sp³-hybridized carbons (Fsp3) is 0.885. The predicted molar refractivity (Wildman–Crippen MR) is 129 cm³/mol. The maximum absolute atomic E-state index is 11.9. The lowest BCUT2D eigenvalue weighted by Gasteiger charge is -2.23. The monoisotopic (exact) mass is 455 g/mol. The van der Waals surface area contributed by atoms with Crippen molar-refractivity contribution in [1.29, 1.82) is 0 Å². The van der Waals surface area contributed by atoms with E-state index >= 15 is 0 Å². The number of esters is 1. The number of nitrogens with one attached hydrogen (secondary N) is 1. The summed E-state index contributed by atoms with van der Waals surface area (Å²) >= 11 is 0. The van der Waals surface area contributed by atoms with E-state index in [4.69, 9.17) is 9.47 Å².